The third-order valence-corrected chi connectivity index (χ3v) is 12.0. The van der Waals surface area contributed by atoms with Crippen LogP contribution >= 0.6 is 0 Å². The molecule has 12 nitrogen and oxygen atoms in total. The van der Waals surface area contributed by atoms with Crippen molar-refractivity contribution in [3.63, 3.8) is 0 Å². The van der Waals surface area contributed by atoms with E-state index in [4.69, 9.17) is 0 Å². The van der Waals surface area contributed by atoms with Gasteiger partial charge in [-0.15, -0.1) is 0 Å². The fraction of sp³-hybridized carbons (Fsp3) is 0.136. The fourth-order valence-electron chi connectivity index (χ4n) is 8.86. The summed E-state index contributed by atoms with van der Waals surface area (Å²) in [6.45, 7) is 0. The van der Waals surface area contributed by atoms with E-state index in [0.717, 1.165) is 0 Å². The summed E-state index contributed by atoms with van der Waals surface area (Å²) in [6, 6.07) is 2.17. The summed E-state index contributed by atoms with van der Waals surface area (Å²) in [5, 5.41) is 0. The van der Waals surface area contributed by atoms with Crippen molar-refractivity contribution >= 4 is 58.9 Å². The second-order valence-corrected chi connectivity index (χ2v) is 15.5. The lowest BCUT2D eigenvalue weighted by atomic mass is 9.71. The quantitative estimate of drug-likeness (QED) is 0.0695. The van der Waals surface area contributed by atoms with E-state index in [1.54, 1.807) is 0 Å². The summed E-state index contributed by atoms with van der Waals surface area (Å²) in [4.78, 5) is 102. The number of ether oxygens (including phenoxy) is 2. The van der Waals surface area contributed by atoms with Crippen molar-refractivity contribution in [3.05, 3.63) is 163 Å². The van der Waals surface area contributed by atoms with Gasteiger partial charge in [0.05, 0.1) is 55.9 Å². The highest BCUT2D eigenvalue weighted by molar-refractivity contribution is 6.36. The highest BCUT2D eigenvalue weighted by Gasteiger charge is 2.74. The summed E-state index contributed by atoms with van der Waals surface area (Å²) in [5.41, 5.74) is -28.0. The van der Waals surface area contributed by atoms with Gasteiger partial charge in [0.15, 0.2) is 0 Å². The molecule has 0 bridgehead atoms. The molecule has 4 aliphatic rings. The normalized spacial score (nSPS) is 16.3. The standard InChI is InChI=1S/C44H14F14N2O10/c45-27-14-30(60-32(62)20-6-2-16(10-24(20)34(60)64)40(43(53,54)55,44(56,57)58)18-4-8-22-26(12-18)38(68)70-36(22)66)28(46)13-29(27)59-31(61)19-5-1-15(9-23(19)33(59)63)39(41(47,48)49,42(50,51)52)17-3-7-21-25(11-17)37(67)69-35(21)65/h1-14H. The van der Waals surface area contributed by atoms with Crippen molar-refractivity contribution < 1.29 is 109 Å². The molecule has 0 aliphatic carbocycles. The first-order valence-corrected chi connectivity index (χ1v) is 19.0. The van der Waals surface area contributed by atoms with E-state index in [2.05, 4.69) is 9.47 Å². The Bertz CT molecular complexity index is 3090. The Hall–Kier alpha value is -8.32. The Morgan fingerprint density at radius 3 is 0.843 bits per heavy atom. The van der Waals surface area contributed by atoms with Gasteiger partial charge in [0.2, 0.25) is 10.8 Å². The van der Waals surface area contributed by atoms with Crippen LogP contribution < -0.4 is 9.80 Å². The first-order valence-electron chi connectivity index (χ1n) is 19.0. The van der Waals surface area contributed by atoms with Crippen LogP contribution in [0.25, 0.3) is 0 Å². The Morgan fingerprint density at radius 1 is 0.314 bits per heavy atom. The Morgan fingerprint density at radius 2 is 0.557 bits per heavy atom. The van der Waals surface area contributed by atoms with Gasteiger partial charge < -0.3 is 9.47 Å². The molecule has 0 spiro atoms. The zero-order valence-electron chi connectivity index (χ0n) is 33.4. The molecule has 0 radical (unpaired) electrons. The number of hydrogen-bond donors (Lipinski definition) is 0. The smallest absolute Gasteiger partial charge is 0.386 e. The number of amides is 4. The first kappa shape index (κ1) is 46.8. The van der Waals surface area contributed by atoms with E-state index in [0.29, 0.717) is 24.3 Å². The number of esters is 4. The highest BCUT2D eigenvalue weighted by Crippen LogP contribution is 2.59. The monoisotopic (exact) mass is 996 g/mol. The number of hydrogen-bond acceptors (Lipinski definition) is 10. The number of fused-ring (bicyclic) bond motifs is 4. The number of benzene rings is 5. The number of carbonyl (C=O) groups excluding carboxylic acids is 8. The number of anilines is 2. The maximum Gasteiger partial charge on any atom is 0.411 e. The number of nitrogens with zero attached hydrogens (tertiary/aromatic N) is 2. The molecule has 9 rings (SSSR count). The van der Waals surface area contributed by atoms with E-state index in [9.17, 15) is 38.4 Å². The third-order valence-electron chi connectivity index (χ3n) is 12.0. The van der Waals surface area contributed by atoms with E-state index >= 15 is 61.5 Å². The van der Waals surface area contributed by atoms with Gasteiger partial charge >= 0.3 is 48.6 Å². The molecular weight excluding hydrogens is 982 g/mol. The minimum atomic E-state index is -6.38. The van der Waals surface area contributed by atoms with Crippen molar-refractivity contribution in [3.8, 4) is 0 Å². The maximum atomic E-state index is 16.1. The molecular formula is C44H14F14N2O10. The first-order chi connectivity index (χ1) is 32.4. The molecule has 0 aromatic heterocycles. The molecule has 0 saturated heterocycles. The minimum Gasteiger partial charge on any atom is -0.386 e. The van der Waals surface area contributed by atoms with Crippen LogP contribution in [0.3, 0.4) is 0 Å². The molecule has 0 N–H and O–H groups in total. The number of imide groups is 2. The average molecular weight is 997 g/mol. The Labute approximate surface area is 376 Å². The van der Waals surface area contributed by atoms with E-state index in [1.807, 2.05) is 0 Å². The molecule has 70 heavy (non-hydrogen) atoms. The largest absolute Gasteiger partial charge is 0.411 e. The number of alkyl halides is 12. The fourth-order valence-corrected chi connectivity index (χ4v) is 8.86. The van der Waals surface area contributed by atoms with Gasteiger partial charge in [0.1, 0.15) is 11.6 Å². The predicted octanol–water partition coefficient (Wildman–Crippen LogP) is 9.01. The van der Waals surface area contributed by atoms with Crippen molar-refractivity contribution in [2.75, 3.05) is 9.80 Å². The molecule has 0 saturated carbocycles. The SMILES string of the molecule is O=C1OC(=O)c2cc(C(c3ccc4c(c3)C(=O)N(c3cc(F)c(N5C(=O)c6ccc(C(c7ccc8c(c7)C(=O)OC8=O)(C(F)(F)F)C(F)(F)F)cc6C5=O)cc3F)C4=O)(C(F)(F)F)C(F)(F)F)ccc21. The minimum absolute atomic E-state index is 0.0333. The molecule has 0 atom stereocenters. The molecule has 4 heterocycles. The van der Waals surface area contributed by atoms with Gasteiger partial charge in [-0.2, -0.15) is 52.7 Å². The summed E-state index contributed by atoms with van der Waals surface area (Å²) in [6.07, 6.45) is -25.5. The van der Waals surface area contributed by atoms with Crippen LogP contribution in [0, 0.1) is 11.6 Å². The lowest BCUT2D eigenvalue weighted by Crippen LogP contribution is -2.55. The topological polar surface area (TPSA) is 162 Å². The van der Waals surface area contributed by atoms with Gasteiger partial charge in [0.25, 0.3) is 23.6 Å². The molecule has 5 aromatic carbocycles. The van der Waals surface area contributed by atoms with Crippen LogP contribution in [-0.4, -0.2) is 72.2 Å². The van der Waals surface area contributed by atoms with E-state index in [-0.39, 0.29) is 70.5 Å². The van der Waals surface area contributed by atoms with Crippen LogP contribution in [0.5, 0.6) is 0 Å². The van der Waals surface area contributed by atoms with Crippen LogP contribution in [0.1, 0.15) is 105 Å². The van der Waals surface area contributed by atoms with Crippen LogP contribution in [0.2, 0.25) is 0 Å². The molecule has 0 fully saturated rings. The maximum absolute atomic E-state index is 16.1. The number of halogens is 14. The zero-order chi connectivity index (χ0) is 51.3. The molecule has 4 amide bonds. The summed E-state index contributed by atoms with van der Waals surface area (Å²) >= 11 is 0. The summed E-state index contributed by atoms with van der Waals surface area (Å²) in [7, 11) is 0. The summed E-state index contributed by atoms with van der Waals surface area (Å²) in [5.74, 6) is -16.9. The lowest BCUT2D eigenvalue weighted by Gasteiger charge is -2.38. The molecule has 5 aromatic rings. The van der Waals surface area contributed by atoms with Crippen LogP contribution in [0.15, 0.2) is 84.9 Å². The van der Waals surface area contributed by atoms with Gasteiger partial charge in [-0.3, -0.25) is 19.2 Å². The van der Waals surface area contributed by atoms with Crippen molar-refractivity contribution in [1.29, 1.82) is 0 Å². The number of cyclic esters (lactones) is 4. The van der Waals surface area contributed by atoms with Crippen molar-refractivity contribution in [2.45, 2.75) is 35.5 Å². The number of carbonyl (C=O) groups is 8. The molecule has 358 valence electrons. The molecule has 4 aliphatic heterocycles. The van der Waals surface area contributed by atoms with Gasteiger partial charge in [0, 0.05) is 12.1 Å². The lowest BCUT2D eigenvalue weighted by molar-refractivity contribution is -0.290. The molecule has 26 heteroatoms. The van der Waals surface area contributed by atoms with Crippen LogP contribution in [-0.2, 0) is 20.3 Å². The Balaban J connectivity index is 1.09. The zero-order valence-corrected chi connectivity index (χ0v) is 33.4. The van der Waals surface area contributed by atoms with Gasteiger partial charge in [-0.25, -0.2) is 37.8 Å². The van der Waals surface area contributed by atoms with Crippen molar-refractivity contribution in [1.82, 2.24) is 0 Å². The predicted molar refractivity (Wildman–Crippen MR) is 200 cm³/mol. The second kappa shape index (κ2) is 14.6. The third kappa shape index (κ3) is 6.09. The average Bonchev–Trinajstić information content (AvgIpc) is 3.88. The summed E-state index contributed by atoms with van der Waals surface area (Å²) < 4.78 is 221. The van der Waals surface area contributed by atoms with Gasteiger partial charge in [-0.1, -0.05) is 24.3 Å². The molecule has 0 unspecified atom stereocenters. The van der Waals surface area contributed by atoms with E-state index < -0.39 is 173 Å². The highest BCUT2D eigenvalue weighted by atomic mass is 19.4. The van der Waals surface area contributed by atoms with E-state index in [1.165, 1.54) is 0 Å². The van der Waals surface area contributed by atoms with Crippen LogP contribution in [0.4, 0.5) is 72.8 Å². The van der Waals surface area contributed by atoms with Crippen molar-refractivity contribution in [2.24, 2.45) is 0 Å². The Kier molecular flexibility index (Phi) is 9.75. The number of rotatable bonds is 6. The van der Waals surface area contributed by atoms with Gasteiger partial charge in [-0.05, 0) is 70.8 Å². The second-order valence-electron chi connectivity index (χ2n) is 15.5.